The zero-order chi connectivity index (χ0) is 17.6. The molecule has 0 spiro atoms. The van der Waals surface area contributed by atoms with E-state index in [1.807, 2.05) is 18.3 Å². The molecule has 1 heterocycles. The van der Waals surface area contributed by atoms with E-state index >= 15 is 0 Å². The number of H-pyrrole nitrogens is 1. The predicted octanol–water partition coefficient (Wildman–Crippen LogP) is 4.17. The molecule has 0 amide bonds. The van der Waals surface area contributed by atoms with Crippen molar-refractivity contribution in [2.75, 3.05) is 19.7 Å². The van der Waals surface area contributed by atoms with E-state index in [-0.39, 0.29) is 6.61 Å². The fraction of sp³-hybridized carbons (Fsp3) is 0.211. The van der Waals surface area contributed by atoms with Crippen LogP contribution in [0.1, 0.15) is 5.56 Å². The second-order valence-electron chi connectivity index (χ2n) is 5.70. The molecule has 0 aliphatic carbocycles. The van der Waals surface area contributed by atoms with Gasteiger partial charge in [-0.2, -0.15) is 0 Å². The van der Waals surface area contributed by atoms with Crippen molar-refractivity contribution in [3.05, 3.63) is 64.3 Å². The molecule has 0 saturated heterocycles. The molecule has 3 aromatic rings. The van der Waals surface area contributed by atoms with E-state index < -0.39 is 0 Å². The van der Waals surface area contributed by atoms with Gasteiger partial charge in [0.2, 0.25) is 0 Å². The molecular formula is C19H19Cl2N3O. The summed E-state index contributed by atoms with van der Waals surface area (Å²) in [6, 6.07) is 13.8. The fourth-order valence-corrected chi connectivity index (χ4v) is 2.89. The summed E-state index contributed by atoms with van der Waals surface area (Å²) in [6.07, 6.45) is 2.72. The number of halogens is 2. The molecule has 0 fully saturated rings. The maximum absolute atomic E-state index is 8.80. The minimum atomic E-state index is 0.158. The topological polar surface area (TPSA) is 60.9 Å². The quantitative estimate of drug-likeness (QED) is 0.543. The molecule has 0 saturated carbocycles. The van der Waals surface area contributed by atoms with Gasteiger partial charge in [-0.1, -0.05) is 41.4 Å². The van der Waals surface area contributed by atoms with E-state index in [2.05, 4.69) is 33.5 Å². The summed E-state index contributed by atoms with van der Waals surface area (Å²) >= 11 is 12.1. The molecule has 0 aliphatic heterocycles. The molecule has 3 N–H and O–H groups in total. The van der Waals surface area contributed by atoms with Crippen molar-refractivity contribution >= 4 is 23.2 Å². The van der Waals surface area contributed by atoms with Gasteiger partial charge < -0.3 is 15.4 Å². The van der Waals surface area contributed by atoms with Gasteiger partial charge in [-0.05, 0) is 48.4 Å². The number of benzene rings is 2. The fourth-order valence-electron chi connectivity index (χ4n) is 2.59. The maximum atomic E-state index is 8.80. The van der Waals surface area contributed by atoms with Crippen molar-refractivity contribution in [2.45, 2.75) is 6.42 Å². The monoisotopic (exact) mass is 375 g/mol. The van der Waals surface area contributed by atoms with E-state index in [4.69, 9.17) is 28.3 Å². The van der Waals surface area contributed by atoms with E-state index in [9.17, 15) is 0 Å². The Morgan fingerprint density at radius 3 is 2.68 bits per heavy atom. The molecule has 1 aromatic heterocycles. The van der Waals surface area contributed by atoms with Gasteiger partial charge in [-0.25, -0.2) is 4.98 Å². The number of hydrogen-bond donors (Lipinski definition) is 3. The summed E-state index contributed by atoms with van der Waals surface area (Å²) in [6.45, 7) is 1.61. The van der Waals surface area contributed by atoms with Crippen LogP contribution in [0.3, 0.4) is 0 Å². The number of rotatable bonds is 7. The first-order chi connectivity index (χ1) is 12.2. The summed E-state index contributed by atoms with van der Waals surface area (Å²) in [5.41, 5.74) is 4.16. The van der Waals surface area contributed by atoms with Gasteiger partial charge >= 0.3 is 0 Å². The van der Waals surface area contributed by atoms with Crippen LogP contribution in [0.25, 0.3) is 22.6 Å². The summed E-state index contributed by atoms with van der Waals surface area (Å²) in [7, 11) is 0. The lowest BCUT2D eigenvalue weighted by Crippen LogP contribution is -2.20. The Morgan fingerprint density at radius 2 is 1.88 bits per heavy atom. The number of aliphatic hydroxyl groups is 1. The highest BCUT2D eigenvalue weighted by Crippen LogP contribution is 2.28. The van der Waals surface area contributed by atoms with Gasteiger partial charge in [0.15, 0.2) is 0 Å². The molecule has 0 atom stereocenters. The number of aromatic nitrogens is 2. The van der Waals surface area contributed by atoms with Gasteiger partial charge in [0.25, 0.3) is 0 Å². The number of aliphatic hydroxyl groups excluding tert-OH is 1. The van der Waals surface area contributed by atoms with Gasteiger partial charge in [-0.3, -0.25) is 0 Å². The summed E-state index contributed by atoms with van der Waals surface area (Å²) < 4.78 is 0. The summed E-state index contributed by atoms with van der Waals surface area (Å²) in [5.74, 6) is 0.753. The number of nitrogens with zero attached hydrogens (tertiary/aromatic N) is 1. The molecule has 6 heteroatoms. The van der Waals surface area contributed by atoms with Gasteiger partial charge in [0.1, 0.15) is 5.82 Å². The van der Waals surface area contributed by atoms with Crippen molar-refractivity contribution in [1.29, 1.82) is 0 Å². The Hall–Kier alpha value is -1.85. The van der Waals surface area contributed by atoms with Gasteiger partial charge in [-0.15, -0.1) is 0 Å². The zero-order valence-electron chi connectivity index (χ0n) is 13.6. The molecule has 0 aliphatic rings. The molecular weight excluding hydrogens is 357 g/mol. The smallest absolute Gasteiger partial charge is 0.137 e. The lowest BCUT2D eigenvalue weighted by atomic mass is 10.1. The molecule has 0 unspecified atom stereocenters. The van der Waals surface area contributed by atoms with Crippen LogP contribution < -0.4 is 5.32 Å². The van der Waals surface area contributed by atoms with E-state index in [0.717, 1.165) is 35.6 Å². The third kappa shape index (κ3) is 4.61. The van der Waals surface area contributed by atoms with Crippen LogP contribution in [0.4, 0.5) is 0 Å². The average Bonchev–Trinajstić information content (AvgIpc) is 3.12. The minimum absolute atomic E-state index is 0.158. The molecule has 4 nitrogen and oxygen atoms in total. The summed E-state index contributed by atoms with van der Waals surface area (Å²) in [4.78, 5) is 7.79. The van der Waals surface area contributed by atoms with E-state index in [0.29, 0.717) is 16.6 Å². The van der Waals surface area contributed by atoms with Crippen molar-refractivity contribution < 1.29 is 5.11 Å². The van der Waals surface area contributed by atoms with Crippen LogP contribution in [-0.4, -0.2) is 34.8 Å². The first-order valence-corrected chi connectivity index (χ1v) is 8.84. The lowest BCUT2D eigenvalue weighted by molar-refractivity contribution is 0.293. The number of nitrogens with one attached hydrogen (secondary N) is 2. The van der Waals surface area contributed by atoms with Crippen LogP contribution in [-0.2, 0) is 6.42 Å². The number of aromatic amines is 1. The van der Waals surface area contributed by atoms with E-state index in [1.165, 1.54) is 5.56 Å². The SMILES string of the molecule is OCCNCCc1cccc(-c2cnc(-c3ccc(Cl)c(Cl)c3)[nH]2)c1. The molecule has 0 radical (unpaired) electrons. The van der Waals surface area contributed by atoms with Crippen LogP contribution in [0.15, 0.2) is 48.7 Å². The van der Waals surface area contributed by atoms with Gasteiger partial charge in [0.05, 0.1) is 28.5 Å². The largest absolute Gasteiger partial charge is 0.395 e. The Kier molecular flexibility index (Phi) is 6.10. The van der Waals surface area contributed by atoms with Crippen LogP contribution in [0.5, 0.6) is 0 Å². The van der Waals surface area contributed by atoms with E-state index in [1.54, 1.807) is 12.1 Å². The Bertz CT molecular complexity index is 848. The predicted molar refractivity (Wildman–Crippen MR) is 103 cm³/mol. The molecule has 130 valence electrons. The minimum Gasteiger partial charge on any atom is -0.395 e. The number of imidazole rings is 1. The molecule has 0 bridgehead atoms. The first kappa shape index (κ1) is 18.0. The molecule has 2 aromatic carbocycles. The third-order valence-corrected chi connectivity index (χ3v) is 4.62. The molecule has 25 heavy (non-hydrogen) atoms. The highest BCUT2D eigenvalue weighted by atomic mass is 35.5. The van der Waals surface area contributed by atoms with Crippen LogP contribution >= 0.6 is 23.2 Å². The standard InChI is InChI=1S/C19H19Cl2N3O/c20-16-5-4-15(11-17(16)21)19-23-12-18(24-19)14-3-1-2-13(10-14)6-7-22-8-9-25/h1-5,10-12,22,25H,6-9H2,(H,23,24). The second-order valence-corrected chi connectivity index (χ2v) is 6.51. The highest BCUT2D eigenvalue weighted by molar-refractivity contribution is 6.42. The Morgan fingerprint density at radius 1 is 1.00 bits per heavy atom. The van der Waals surface area contributed by atoms with Crippen LogP contribution in [0.2, 0.25) is 10.0 Å². The Balaban J connectivity index is 1.76. The second kappa shape index (κ2) is 8.50. The molecule has 3 rings (SSSR count). The maximum Gasteiger partial charge on any atom is 0.137 e. The van der Waals surface area contributed by atoms with Crippen molar-refractivity contribution in [3.63, 3.8) is 0 Å². The van der Waals surface area contributed by atoms with Crippen LogP contribution in [0, 0.1) is 0 Å². The third-order valence-electron chi connectivity index (χ3n) is 3.89. The Labute approximate surface area is 156 Å². The van der Waals surface area contributed by atoms with Crippen molar-refractivity contribution in [3.8, 4) is 22.6 Å². The number of hydrogen-bond acceptors (Lipinski definition) is 3. The average molecular weight is 376 g/mol. The first-order valence-electron chi connectivity index (χ1n) is 8.08. The highest BCUT2D eigenvalue weighted by Gasteiger charge is 2.08. The normalized spacial score (nSPS) is 11.0. The van der Waals surface area contributed by atoms with Crippen molar-refractivity contribution in [2.24, 2.45) is 0 Å². The lowest BCUT2D eigenvalue weighted by Gasteiger charge is -2.05. The summed E-state index contributed by atoms with van der Waals surface area (Å²) in [5, 5.41) is 13.0. The van der Waals surface area contributed by atoms with Gasteiger partial charge in [0, 0.05) is 12.1 Å². The zero-order valence-corrected chi connectivity index (χ0v) is 15.1. The van der Waals surface area contributed by atoms with Crippen molar-refractivity contribution in [1.82, 2.24) is 15.3 Å².